The standard InChI is InChI=1S/C14H27OP/c1-3-12(2)15-16(13-8-4-5-9-13)14-10-6-7-11-14/h12-14H,3-11H2,1-2H3. The van der Waals surface area contributed by atoms with Crippen LogP contribution < -0.4 is 0 Å². The van der Waals surface area contributed by atoms with Crippen molar-refractivity contribution in [1.29, 1.82) is 0 Å². The predicted molar refractivity (Wildman–Crippen MR) is 72.3 cm³/mol. The fourth-order valence-corrected chi connectivity index (χ4v) is 6.32. The topological polar surface area (TPSA) is 9.23 Å². The lowest BCUT2D eigenvalue weighted by Gasteiger charge is -2.31. The molecule has 0 aromatic heterocycles. The molecule has 0 bridgehead atoms. The molecule has 1 nitrogen and oxygen atoms in total. The quantitative estimate of drug-likeness (QED) is 0.610. The normalized spacial score (nSPS) is 25.7. The molecule has 0 saturated heterocycles. The van der Waals surface area contributed by atoms with Crippen molar-refractivity contribution in [2.75, 3.05) is 0 Å². The van der Waals surface area contributed by atoms with Gasteiger partial charge in [-0.15, -0.1) is 0 Å². The summed E-state index contributed by atoms with van der Waals surface area (Å²) in [6.45, 7) is 4.51. The van der Waals surface area contributed by atoms with Crippen LogP contribution in [0.3, 0.4) is 0 Å². The molecule has 0 spiro atoms. The van der Waals surface area contributed by atoms with Crippen LogP contribution in [-0.2, 0) is 4.52 Å². The molecule has 0 heterocycles. The molecule has 0 amide bonds. The first kappa shape index (κ1) is 12.8. The van der Waals surface area contributed by atoms with Crippen LogP contribution in [0.15, 0.2) is 0 Å². The van der Waals surface area contributed by atoms with Gasteiger partial charge in [0.15, 0.2) is 0 Å². The SMILES string of the molecule is CCC(C)OP(C1CCCC1)C1CCCC1. The Labute approximate surface area is 102 Å². The van der Waals surface area contributed by atoms with E-state index in [1.54, 1.807) is 0 Å². The highest BCUT2D eigenvalue weighted by atomic mass is 31.1. The highest BCUT2D eigenvalue weighted by Gasteiger charge is 2.34. The van der Waals surface area contributed by atoms with E-state index in [9.17, 15) is 0 Å². The third-order valence-corrected chi connectivity index (χ3v) is 7.32. The zero-order chi connectivity index (χ0) is 11.4. The fraction of sp³-hybridized carbons (Fsp3) is 1.00. The van der Waals surface area contributed by atoms with Gasteiger partial charge in [0, 0.05) is 19.5 Å². The molecule has 0 aromatic rings. The number of hydrogen-bond donors (Lipinski definition) is 0. The zero-order valence-corrected chi connectivity index (χ0v) is 11.8. The van der Waals surface area contributed by atoms with Gasteiger partial charge in [-0.1, -0.05) is 32.6 Å². The second-order valence-electron chi connectivity index (χ2n) is 5.56. The lowest BCUT2D eigenvalue weighted by molar-refractivity contribution is 0.235. The minimum atomic E-state index is -0.108. The summed E-state index contributed by atoms with van der Waals surface area (Å²) in [7, 11) is -0.108. The van der Waals surface area contributed by atoms with Gasteiger partial charge in [0.05, 0.1) is 6.10 Å². The Hall–Kier alpha value is 0.390. The first-order valence-corrected chi connectivity index (χ1v) is 8.66. The second kappa shape index (κ2) is 6.36. The van der Waals surface area contributed by atoms with Crippen molar-refractivity contribution >= 4 is 8.15 Å². The number of rotatable bonds is 5. The molecule has 0 N–H and O–H groups in total. The maximum Gasteiger partial charge on any atom is 0.0587 e. The van der Waals surface area contributed by atoms with E-state index in [1.165, 1.54) is 57.8 Å². The van der Waals surface area contributed by atoms with Crippen LogP contribution in [0.2, 0.25) is 0 Å². The van der Waals surface area contributed by atoms with Crippen LogP contribution in [0.4, 0.5) is 0 Å². The van der Waals surface area contributed by atoms with E-state index in [0.717, 1.165) is 11.3 Å². The molecule has 2 heteroatoms. The third-order valence-electron chi connectivity index (χ3n) is 4.25. The van der Waals surface area contributed by atoms with E-state index in [4.69, 9.17) is 4.52 Å². The summed E-state index contributed by atoms with van der Waals surface area (Å²) < 4.78 is 6.43. The van der Waals surface area contributed by atoms with Gasteiger partial charge >= 0.3 is 0 Å². The molecule has 1 unspecified atom stereocenters. The Morgan fingerprint density at radius 2 is 1.44 bits per heavy atom. The van der Waals surface area contributed by atoms with Crippen LogP contribution >= 0.6 is 8.15 Å². The molecule has 1 atom stereocenters. The summed E-state index contributed by atoms with van der Waals surface area (Å²) in [5.74, 6) is 0. The van der Waals surface area contributed by atoms with Crippen LogP contribution in [0.5, 0.6) is 0 Å². The molecule has 0 aromatic carbocycles. The number of hydrogen-bond acceptors (Lipinski definition) is 1. The van der Waals surface area contributed by atoms with Gasteiger partial charge < -0.3 is 4.52 Å². The van der Waals surface area contributed by atoms with Gasteiger partial charge in [-0.2, -0.15) is 0 Å². The second-order valence-corrected chi connectivity index (χ2v) is 7.95. The molecule has 0 aliphatic heterocycles. The first-order chi connectivity index (χ1) is 7.81. The average molecular weight is 242 g/mol. The van der Waals surface area contributed by atoms with Crippen molar-refractivity contribution in [1.82, 2.24) is 0 Å². The van der Waals surface area contributed by atoms with Crippen molar-refractivity contribution in [2.45, 2.75) is 89.1 Å². The van der Waals surface area contributed by atoms with Crippen molar-refractivity contribution < 1.29 is 4.52 Å². The van der Waals surface area contributed by atoms with Gasteiger partial charge in [0.1, 0.15) is 0 Å². The molecular weight excluding hydrogens is 215 g/mol. The summed E-state index contributed by atoms with van der Waals surface area (Å²) >= 11 is 0. The smallest absolute Gasteiger partial charge is 0.0587 e. The summed E-state index contributed by atoms with van der Waals surface area (Å²) in [4.78, 5) is 0. The Kier molecular flexibility index (Phi) is 5.10. The Bertz CT molecular complexity index is 179. The Balaban J connectivity index is 1.93. The van der Waals surface area contributed by atoms with Gasteiger partial charge in [0.2, 0.25) is 0 Å². The van der Waals surface area contributed by atoms with Gasteiger partial charge in [-0.3, -0.25) is 0 Å². The molecule has 2 aliphatic carbocycles. The van der Waals surface area contributed by atoms with Crippen LogP contribution in [0.25, 0.3) is 0 Å². The van der Waals surface area contributed by atoms with E-state index in [1.807, 2.05) is 0 Å². The van der Waals surface area contributed by atoms with E-state index in [-0.39, 0.29) is 8.15 Å². The zero-order valence-electron chi connectivity index (χ0n) is 11.0. The first-order valence-electron chi connectivity index (χ1n) is 7.26. The summed E-state index contributed by atoms with van der Waals surface area (Å²) in [5.41, 5.74) is 1.90. The molecule has 94 valence electrons. The van der Waals surface area contributed by atoms with Crippen molar-refractivity contribution in [2.24, 2.45) is 0 Å². The third kappa shape index (κ3) is 3.20. The highest BCUT2D eigenvalue weighted by Crippen LogP contribution is 2.58. The predicted octanol–water partition coefficient (Wildman–Crippen LogP) is 5.08. The lowest BCUT2D eigenvalue weighted by atomic mass is 10.3. The van der Waals surface area contributed by atoms with Gasteiger partial charge in [-0.25, -0.2) is 0 Å². The lowest BCUT2D eigenvalue weighted by Crippen LogP contribution is -2.16. The van der Waals surface area contributed by atoms with Crippen LogP contribution in [-0.4, -0.2) is 17.4 Å². The molecule has 2 fully saturated rings. The summed E-state index contributed by atoms with van der Waals surface area (Å²) in [5, 5.41) is 0. The Morgan fingerprint density at radius 1 is 1.00 bits per heavy atom. The van der Waals surface area contributed by atoms with Crippen LogP contribution in [0.1, 0.15) is 71.6 Å². The van der Waals surface area contributed by atoms with E-state index in [2.05, 4.69) is 13.8 Å². The largest absolute Gasteiger partial charge is 0.356 e. The molecule has 2 aliphatic rings. The highest BCUT2D eigenvalue weighted by molar-refractivity contribution is 7.54. The maximum absolute atomic E-state index is 6.43. The van der Waals surface area contributed by atoms with Gasteiger partial charge in [0.25, 0.3) is 0 Å². The summed E-state index contributed by atoms with van der Waals surface area (Å²) in [6.07, 6.45) is 13.3. The maximum atomic E-state index is 6.43. The van der Waals surface area contributed by atoms with E-state index < -0.39 is 0 Å². The molecule has 16 heavy (non-hydrogen) atoms. The van der Waals surface area contributed by atoms with E-state index in [0.29, 0.717) is 6.10 Å². The van der Waals surface area contributed by atoms with Crippen molar-refractivity contribution in [3.63, 3.8) is 0 Å². The average Bonchev–Trinajstić information content (AvgIpc) is 2.97. The molecule has 0 radical (unpaired) electrons. The van der Waals surface area contributed by atoms with Crippen molar-refractivity contribution in [3.8, 4) is 0 Å². The molecule has 2 rings (SSSR count). The van der Waals surface area contributed by atoms with Crippen molar-refractivity contribution in [3.05, 3.63) is 0 Å². The van der Waals surface area contributed by atoms with E-state index >= 15 is 0 Å². The van der Waals surface area contributed by atoms with Gasteiger partial charge in [-0.05, 0) is 39.0 Å². The molecule has 2 saturated carbocycles. The Morgan fingerprint density at radius 3 is 1.81 bits per heavy atom. The fourth-order valence-electron chi connectivity index (χ4n) is 3.07. The molecular formula is C14H27OP. The van der Waals surface area contributed by atoms with Crippen LogP contribution in [0, 0.1) is 0 Å². The monoisotopic (exact) mass is 242 g/mol. The minimum Gasteiger partial charge on any atom is -0.356 e. The summed E-state index contributed by atoms with van der Waals surface area (Å²) in [6, 6.07) is 0. The minimum absolute atomic E-state index is 0.108.